The van der Waals surface area contributed by atoms with Crippen LogP contribution in [0.5, 0.6) is 0 Å². The minimum absolute atomic E-state index is 0.210. The average molecular weight is 232 g/mol. The van der Waals surface area contributed by atoms with Crippen molar-refractivity contribution >= 4 is 23.4 Å². The maximum atomic E-state index is 5.64. The first-order valence-corrected chi connectivity index (χ1v) is 5.70. The van der Waals surface area contributed by atoms with E-state index >= 15 is 0 Å². The van der Waals surface area contributed by atoms with Crippen LogP contribution in [0.1, 0.15) is 12.8 Å². The van der Waals surface area contributed by atoms with Crippen LogP contribution in [0.15, 0.2) is 11.2 Å². The largest absolute Gasteiger partial charge is 0.381 e. The van der Waals surface area contributed by atoms with Gasteiger partial charge in [0.15, 0.2) is 0 Å². The zero-order valence-electron chi connectivity index (χ0n) is 7.52. The van der Waals surface area contributed by atoms with Crippen LogP contribution in [0.3, 0.4) is 0 Å². The predicted molar refractivity (Wildman–Crippen MR) is 54.5 cm³/mol. The molecule has 1 saturated heterocycles. The van der Waals surface area contributed by atoms with E-state index in [9.17, 15) is 0 Å². The monoisotopic (exact) mass is 231 g/mol. The van der Waals surface area contributed by atoms with E-state index in [2.05, 4.69) is 15.2 Å². The Hall–Kier alpha value is -0.390. The van der Waals surface area contributed by atoms with Gasteiger partial charge in [-0.15, -0.1) is 16.9 Å². The van der Waals surface area contributed by atoms with Crippen molar-refractivity contribution in [2.45, 2.75) is 23.1 Å². The third-order valence-corrected chi connectivity index (χ3v) is 3.37. The molecule has 14 heavy (non-hydrogen) atoms. The molecule has 76 valence electrons. The molecule has 0 spiro atoms. The number of rotatable bonds is 2. The second kappa shape index (κ2) is 4.91. The van der Waals surface area contributed by atoms with Gasteiger partial charge in [-0.2, -0.15) is 5.10 Å². The average Bonchev–Trinajstić information content (AvgIpc) is 2.19. The molecule has 0 bridgehead atoms. The molecule has 0 radical (unpaired) electrons. The molecular weight excluding hydrogens is 222 g/mol. The van der Waals surface area contributed by atoms with Crippen LogP contribution in [0, 0.1) is 0 Å². The summed E-state index contributed by atoms with van der Waals surface area (Å²) < 4.78 is 5.27. The molecule has 0 saturated carbocycles. The van der Waals surface area contributed by atoms with Gasteiger partial charge in [0.1, 0.15) is 5.03 Å². The van der Waals surface area contributed by atoms with Gasteiger partial charge in [-0.25, -0.2) is 4.98 Å². The molecule has 0 amide bonds. The molecule has 2 heterocycles. The number of thioether (sulfide) groups is 1. The second-order valence-corrected chi connectivity index (χ2v) is 4.65. The topological polar surface area (TPSA) is 47.9 Å². The first kappa shape index (κ1) is 10.1. The van der Waals surface area contributed by atoms with E-state index in [1.807, 2.05) is 0 Å². The Labute approximate surface area is 91.4 Å². The van der Waals surface area contributed by atoms with E-state index in [0.29, 0.717) is 5.25 Å². The van der Waals surface area contributed by atoms with E-state index in [1.165, 1.54) is 0 Å². The van der Waals surface area contributed by atoms with Gasteiger partial charge in [-0.05, 0) is 24.4 Å². The quantitative estimate of drug-likeness (QED) is 0.777. The Balaban J connectivity index is 1.95. The number of hydrogen-bond donors (Lipinski definition) is 0. The molecule has 1 aromatic rings. The molecular formula is C8H10ClN3OS. The fourth-order valence-electron chi connectivity index (χ4n) is 1.29. The predicted octanol–water partition coefficient (Wildman–Crippen LogP) is 1.80. The zero-order chi connectivity index (χ0) is 9.80. The molecule has 1 aliphatic rings. The van der Waals surface area contributed by atoms with Crippen molar-refractivity contribution in [1.29, 1.82) is 0 Å². The second-order valence-electron chi connectivity index (χ2n) is 2.99. The molecule has 4 nitrogen and oxygen atoms in total. The van der Waals surface area contributed by atoms with Crippen molar-refractivity contribution in [2.24, 2.45) is 0 Å². The minimum atomic E-state index is 0.210. The highest BCUT2D eigenvalue weighted by Gasteiger charge is 2.15. The minimum Gasteiger partial charge on any atom is -0.381 e. The normalized spacial score (nSPS) is 18.4. The molecule has 1 aromatic heterocycles. The summed E-state index contributed by atoms with van der Waals surface area (Å²) in [6.07, 6.45) is 3.77. The lowest BCUT2D eigenvalue weighted by Crippen LogP contribution is -2.17. The van der Waals surface area contributed by atoms with Crippen LogP contribution in [0.25, 0.3) is 0 Å². The first-order valence-electron chi connectivity index (χ1n) is 4.44. The summed E-state index contributed by atoms with van der Waals surface area (Å²) >= 11 is 7.34. The number of hydrogen-bond acceptors (Lipinski definition) is 5. The third-order valence-electron chi connectivity index (χ3n) is 1.97. The van der Waals surface area contributed by atoms with E-state index in [-0.39, 0.29) is 5.28 Å². The highest BCUT2D eigenvalue weighted by molar-refractivity contribution is 7.99. The zero-order valence-corrected chi connectivity index (χ0v) is 9.09. The van der Waals surface area contributed by atoms with Crippen molar-refractivity contribution in [3.63, 3.8) is 0 Å². The fraction of sp³-hybridized carbons (Fsp3) is 0.625. The Morgan fingerprint density at radius 3 is 2.93 bits per heavy atom. The van der Waals surface area contributed by atoms with Gasteiger partial charge in [0.05, 0.1) is 6.20 Å². The number of ether oxygens (including phenoxy) is 1. The maximum absolute atomic E-state index is 5.64. The Morgan fingerprint density at radius 1 is 1.43 bits per heavy atom. The molecule has 1 aliphatic heterocycles. The van der Waals surface area contributed by atoms with Gasteiger partial charge in [-0.3, -0.25) is 0 Å². The molecule has 0 aromatic carbocycles. The standard InChI is InChI=1S/C8H10ClN3OS/c9-8-11-7(5-10-12-8)14-6-1-3-13-4-2-6/h5-6H,1-4H2. The summed E-state index contributed by atoms with van der Waals surface area (Å²) in [4.78, 5) is 4.08. The molecule has 0 aliphatic carbocycles. The van der Waals surface area contributed by atoms with Crippen LogP contribution in [-0.4, -0.2) is 33.6 Å². The summed E-state index contributed by atoms with van der Waals surface area (Å²) in [5.74, 6) is 0. The third kappa shape index (κ3) is 2.80. The van der Waals surface area contributed by atoms with E-state index in [0.717, 1.165) is 31.1 Å². The summed E-state index contributed by atoms with van der Waals surface area (Å²) in [6.45, 7) is 1.67. The molecule has 6 heteroatoms. The SMILES string of the molecule is Clc1nncc(SC2CCOCC2)n1. The van der Waals surface area contributed by atoms with E-state index in [1.54, 1.807) is 18.0 Å². The van der Waals surface area contributed by atoms with Crippen LogP contribution in [0.2, 0.25) is 5.28 Å². The Bertz CT molecular complexity index is 306. The summed E-state index contributed by atoms with van der Waals surface area (Å²) in [7, 11) is 0. The Morgan fingerprint density at radius 2 is 2.21 bits per heavy atom. The summed E-state index contributed by atoms with van der Waals surface area (Å²) in [5.41, 5.74) is 0. The lowest BCUT2D eigenvalue weighted by atomic mass is 10.2. The van der Waals surface area contributed by atoms with E-state index < -0.39 is 0 Å². The van der Waals surface area contributed by atoms with Gasteiger partial charge in [0.2, 0.25) is 5.28 Å². The van der Waals surface area contributed by atoms with Crippen molar-refractivity contribution < 1.29 is 4.74 Å². The lowest BCUT2D eigenvalue weighted by molar-refractivity contribution is 0.1000. The molecule has 0 atom stereocenters. The van der Waals surface area contributed by atoms with Crippen LogP contribution in [0.4, 0.5) is 0 Å². The van der Waals surface area contributed by atoms with Gasteiger partial charge in [0.25, 0.3) is 0 Å². The highest BCUT2D eigenvalue weighted by Crippen LogP contribution is 2.27. The lowest BCUT2D eigenvalue weighted by Gasteiger charge is -2.20. The fourth-order valence-corrected chi connectivity index (χ4v) is 2.49. The summed E-state index contributed by atoms with van der Waals surface area (Å²) in [6, 6.07) is 0. The molecule has 0 N–H and O–H groups in total. The van der Waals surface area contributed by atoms with Gasteiger partial charge in [-0.1, -0.05) is 0 Å². The maximum Gasteiger partial charge on any atom is 0.244 e. The van der Waals surface area contributed by atoms with Crippen molar-refractivity contribution in [1.82, 2.24) is 15.2 Å². The van der Waals surface area contributed by atoms with Crippen molar-refractivity contribution in [3.8, 4) is 0 Å². The van der Waals surface area contributed by atoms with Gasteiger partial charge < -0.3 is 4.74 Å². The Kier molecular flexibility index (Phi) is 3.55. The van der Waals surface area contributed by atoms with Crippen molar-refractivity contribution in [2.75, 3.05) is 13.2 Å². The van der Waals surface area contributed by atoms with Gasteiger partial charge >= 0.3 is 0 Å². The first-order chi connectivity index (χ1) is 6.84. The van der Waals surface area contributed by atoms with Gasteiger partial charge in [0, 0.05) is 18.5 Å². The van der Waals surface area contributed by atoms with E-state index in [4.69, 9.17) is 16.3 Å². The van der Waals surface area contributed by atoms with Crippen LogP contribution in [-0.2, 0) is 4.74 Å². The number of aromatic nitrogens is 3. The summed E-state index contributed by atoms with van der Waals surface area (Å²) in [5, 5.41) is 8.97. The number of halogens is 1. The van der Waals surface area contributed by atoms with Crippen LogP contribution >= 0.6 is 23.4 Å². The smallest absolute Gasteiger partial charge is 0.244 e. The molecule has 1 fully saturated rings. The molecule has 2 rings (SSSR count). The number of nitrogens with zero attached hydrogens (tertiary/aromatic N) is 3. The van der Waals surface area contributed by atoms with Crippen LogP contribution < -0.4 is 0 Å². The van der Waals surface area contributed by atoms with Crippen molar-refractivity contribution in [3.05, 3.63) is 11.5 Å². The molecule has 0 unspecified atom stereocenters. The highest BCUT2D eigenvalue weighted by atomic mass is 35.5.